The fourth-order valence-electron chi connectivity index (χ4n) is 3.14. The molecular formula is C17H27N. The number of para-hydroxylation sites is 1. The molecule has 0 amide bonds. The molecule has 0 aromatic heterocycles. The SMILES string of the molecule is CCCCCCC1(C)CCc2ccccc2N1C. The zero-order chi connectivity index (χ0) is 13.0. The van der Waals surface area contributed by atoms with Gasteiger partial charge in [-0.15, -0.1) is 0 Å². The van der Waals surface area contributed by atoms with Crippen LogP contribution in [0.5, 0.6) is 0 Å². The topological polar surface area (TPSA) is 3.24 Å². The van der Waals surface area contributed by atoms with Gasteiger partial charge in [0, 0.05) is 18.3 Å². The Kier molecular flexibility index (Phi) is 4.31. The zero-order valence-corrected chi connectivity index (χ0v) is 12.2. The molecule has 0 bridgehead atoms. The molecule has 0 saturated heterocycles. The molecule has 0 fully saturated rings. The highest BCUT2D eigenvalue weighted by atomic mass is 15.2. The van der Waals surface area contributed by atoms with Crippen molar-refractivity contribution in [2.24, 2.45) is 0 Å². The van der Waals surface area contributed by atoms with Gasteiger partial charge in [0.1, 0.15) is 0 Å². The van der Waals surface area contributed by atoms with E-state index in [-0.39, 0.29) is 0 Å². The van der Waals surface area contributed by atoms with Crippen LogP contribution in [-0.4, -0.2) is 12.6 Å². The number of benzene rings is 1. The Labute approximate surface area is 112 Å². The van der Waals surface area contributed by atoms with Gasteiger partial charge >= 0.3 is 0 Å². The van der Waals surface area contributed by atoms with E-state index in [1.165, 1.54) is 56.2 Å². The van der Waals surface area contributed by atoms with E-state index >= 15 is 0 Å². The first-order chi connectivity index (χ1) is 8.67. The third-order valence-corrected chi connectivity index (χ3v) is 4.66. The van der Waals surface area contributed by atoms with Crippen molar-refractivity contribution in [3.05, 3.63) is 29.8 Å². The number of hydrogen-bond acceptors (Lipinski definition) is 1. The molecule has 1 nitrogen and oxygen atoms in total. The van der Waals surface area contributed by atoms with E-state index < -0.39 is 0 Å². The molecule has 18 heavy (non-hydrogen) atoms. The molecule has 0 N–H and O–H groups in total. The molecule has 1 heterocycles. The van der Waals surface area contributed by atoms with E-state index in [9.17, 15) is 0 Å². The summed E-state index contributed by atoms with van der Waals surface area (Å²) < 4.78 is 0. The van der Waals surface area contributed by atoms with Crippen LogP contribution in [0, 0.1) is 0 Å². The van der Waals surface area contributed by atoms with Gasteiger partial charge in [-0.2, -0.15) is 0 Å². The number of aryl methyl sites for hydroxylation is 1. The van der Waals surface area contributed by atoms with Crippen molar-refractivity contribution >= 4 is 5.69 Å². The van der Waals surface area contributed by atoms with Crippen molar-refractivity contribution in [2.45, 2.75) is 64.3 Å². The Morgan fingerprint density at radius 1 is 1.17 bits per heavy atom. The summed E-state index contributed by atoms with van der Waals surface area (Å²) >= 11 is 0. The minimum atomic E-state index is 0.363. The highest BCUT2D eigenvalue weighted by Crippen LogP contribution is 2.38. The van der Waals surface area contributed by atoms with Crippen molar-refractivity contribution in [1.29, 1.82) is 0 Å². The highest BCUT2D eigenvalue weighted by Gasteiger charge is 2.33. The van der Waals surface area contributed by atoms with Crippen LogP contribution in [0.2, 0.25) is 0 Å². The van der Waals surface area contributed by atoms with Gasteiger partial charge in [-0.3, -0.25) is 0 Å². The summed E-state index contributed by atoms with van der Waals surface area (Å²) in [6, 6.07) is 8.88. The maximum Gasteiger partial charge on any atom is 0.0400 e. The summed E-state index contributed by atoms with van der Waals surface area (Å²) in [4.78, 5) is 2.53. The molecular weight excluding hydrogens is 218 g/mol. The number of hydrogen-bond donors (Lipinski definition) is 0. The molecule has 100 valence electrons. The summed E-state index contributed by atoms with van der Waals surface area (Å²) in [5.41, 5.74) is 3.33. The molecule has 1 heteroatoms. The summed E-state index contributed by atoms with van der Waals surface area (Å²) in [5, 5.41) is 0. The second-order valence-electron chi connectivity index (χ2n) is 6.00. The molecule has 1 aliphatic rings. The standard InChI is InChI=1S/C17H27N/c1-4-5-6-9-13-17(2)14-12-15-10-7-8-11-16(15)18(17)3/h7-8,10-11H,4-6,9,12-14H2,1-3H3. The summed E-state index contributed by atoms with van der Waals surface area (Å²) in [5.74, 6) is 0. The number of unbranched alkanes of at least 4 members (excludes halogenated alkanes) is 3. The van der Waals surface area contributed by atoms with Crippen LogP contribution in [0.25, 0.3) is 0 Å². The average Bonchev–Trinajstić information content (AvgIpc) is 2.40. The van der Waals surface area contributed by atoms with Crippen LogP contribution in [0.3, 0.4) is 0 Å². The third-order valence-electron chi connectivity index (χ3n) is 4.66. The molecule has 0 saturated carbocycles. The number of nitrogens with zero attached hydrogens (tertiary/aromatic N) is 1. The Morgan fingerprint density at radius 2 is 1.94 bits per heavy atom. The summed E-state index contributed by atoms with van der Waals surface area (Å²) in [6.45, 7) is 4.72. The van der Waals surface area contributed by atoms with Crippen molar-refractivity contribution in [3.8, 4) is 0 Å². The van der Waals surface area contributed by atoms with Crippen LogP contribution in [0.15, 0.2) is 24.3 Å². The molecule has 0 radical (unpaired) electrons. The Bertz CT molecular complexity index is 385. The average molecular weight is 245 g/mol. The van der Waals surface area contributed by atoms with Gasteiger partial charge in [0.2, 0.25) is 0 Å². The predicted molar refractivity (Wildman–Crippen MR) is 80.3 cm³/mol. The van der Waals surface area contributed by atoms with Gasteiger partial charge in [0.05, 0.1) is 0 Å². The minimum absolute atomic E-state index is 0.363. The van der Waals surface area contributed by atoms with Crippen LogP contribution in [0.1, 0.15) is 57.9 Å². The highest BCUT2D eigenvalue weighted by molar-refractivity contribution is 5.57. The molecule has 1 aromatic rings. The largest absolute Gasteiger partial charge is 0.369 e. The van der Waals surface area contributed by atoms with Gasteiger partial charge in [-0.1, -0.05) is 50.8 Å². The third kappa shape index (κ3) is 2.71. The molecule has 1 aromatic carbocycles. The van der Waals surface area contributed by atoms with Gasteiger partial charge in [-0.25, -0.2) is 0 Å². The monoisotopic (exact) mass is 245 g/mol. The fraction of sp³-hybridized carbons (Fsp3) is 0.647. The van der Waals surface area contributed by atoms with E-state index in [4.69, 9.17) is 0 Å². The maximum absolute atomic E-state index is 2.53. The fourth-order valence-corrected chi connectivity index (χ4v) is 3.14. The van der Waals surface area contributed by atoms with Crippen molar-refractivity contribution in [1.82, 2.24) is 0 Å². The lowest BCUT2D eigenvalue weighted by Crippen LogP contribution is -2.47. The second-order valence-corrected chi connectivity index (χ2v) is 6.00. The van der Waals surface area contributed by atoms with E-state index in [1.54, 1.807) is 0 Å². The Hall–Kier alpha value is -0.980. The second kappa shape index (κ2) is 5.77. The van der Waals surface area contributed by atoms with Crippen LogP contribution < -0.4 is 4.90 Å². The molecule has 0 spiro atoms. The van der Waals surface area contributed by atoms with Gasteiger partial charge < -0.3 is 4.90 Å². The molecule has 1 atom stereocenters. The van der Waals surface area contributed by atoms with Gasteiger partial charge in [0.15, 0.2) is 0 Å². The maximum atomic E-state index is 2.53. The number of rotatable bonds is 5. The van der Waals surface area contributed by atoms with Crippen LogP contribution in [0.4, 0.5) is 5.69 Å². The Morgan fingerprint density at radius 3 is 2.72 bits per heavy atom. The van der Waals surface area contributed by atoms with E-state index in [2.05, 4.69) is 50.1 Å². The summed E-state index contributed by atoms with van der Waals surface area (Å²) in [7, 11) is 2.28. The molecule has 1 aliphatic heterocycles. The molecule has 1 unspecified atom stereocenters. The predicted octanol–water partition coefficient (Wildman–Crippen LogP) is 4.80. The van der Waals surface area contributed by atoms with Crippen molar-refractivity contribution < 1.29 is 0 Å². The van der Waals surface area contributed by atoms with Gasteiger partial charge in [-0.05, 0) is 37.8 Å². The zero-order valence-electron chi connectivity index (χ0n) is 12.2. The van der Waals surface area contributed by atoms with Crippen LogP contribution >= 0.6 is 0 Å². The van der Waals surface area contributed by atoms with Gasteiger partial charge in [0.25, 0.3) is 0 Å². The lowest BCUT2D eigenvalue weighted by atomic mass is 9.82. The summed E-state index contributed by atoms with van der Waals surface area (Å²) in [6.07, 6.45) is 9.35. The first kappa shape index (κ1) is 13.5. The van der Waals surface area contributed by atoms with E-state index in [0.29, 0.717) is 5.54 Å². The Balaban J connectivity index is 2.03. The molecule has 2 rings (SSSR count). The number of anilines is 1. The number of fused-ring (bicyclic) bond motifs is 1. The first-order valence-corrected chi connectivity index (χ1v) is 7.49. The van der Waals surface area contributed by atoms with Crippen molar-refractivity contribution in [2.75, 3.05) is 11.9 Å². The minimum Gasteiger partial charge on any atom is -0.369 e. The van der Waals surface area contributed by atoms with E-state index in [1.807, 2.05) is 0 Å². The van der Waals surface area contributed by atoms with E-state index in [0.717, 1.165) is 0 Å². The lowest BCUT2D eigenvalue weighted by Gasteiger charge is -2.45. The normalized spacial score (nSPS) is 22.9. The van der Waals surface area contributed by atoms with Crippen molar-refractivity contribution in [3.63, 3.8) is 0 Å². The quantitative estimate of drug-likeness (QED) is 0.674. The lowest BCUT2D eigenvalue weighted by molar-refractivity contribution is 0.352. The first-order valence-electron chi connectivity index (χ1n) is 7.49. The smallest absolute Gasteiger partial charge is 0.0400 e. The molecule has 0 aliphatic carbocycles. The van der Waals surface area contributed by atoms with Crippen LogP contribution in [-0.2, 0) is 6.42 Å².